The number of nitrogens with zero attached hydrogens (tertiary/aromatic N) is 1. The molecule has 0 spiro atoms. The molecule has 2 amide bonds. The van der Waals surface area contributed by atoms with Crippen LogP contribution in [-0.4, -0.2) is 34.8 Å². The van der Waals surface area contributed by atoms with Crippen LogP contribution in [0.1, 0.15) is 41.0 Å². The van der Waals surface area contributed by atoms with Gasteiger partial charge in [0.15, 0.2) is 0 Å². The summed E-state index contributed by atoms with van der Waals surface area (Å²) in [4.78, 5) is 36.3. The lowest BCUT2D eigenvalue weighted by Gasteiger charge is -2.24. The number of esters is 1. The summed E-state index contributed by atoms with van der Waals surface area (Å²) in [6, 6.07) is 0. The zero-order valence-corrected chi connectivity index (χ0v) is 11.6. The normalized spacial score (nSPS) is 24.6. The van der Waals surface area contributed by atoms with E-state index < -0.39 is 11.6 Å². The maximum Gasteiger partial charge on any atom is 0.326 e. The highest BCUT2D eigenvalue weighted by atomic mass is 16.6. The number of hydrogen-bond donors (Lipinski definition) is 0. The van der Waals surface area contributed by atoms with Gasteiger partial charge in [-0.2, -0.15) is 0 Å². The third kappa shape index (κ3) is 2.89. The summed E-state index contributed by atoms with van der Waals surface area (Å²) < 4.78 is 5.23. The van der Waals surface area contributed by atoms with Crippen molar-refractivity contribution in [2.24, 2.45) is 11.8 Å². The topological polar surface area (TPSA) is 63.7 Å². The van der Waals surface area contributed by atoms with Gasteiger partial charge in [-0.1, -0.05) is 20.8 Å². The van der Waals surface area contributed by atoms with E-state index in [4.69, 9.17) is 4.74 Å². The second-order valence-electron chi connectivity index (χ2n) is 5.43. The molecule has 2 atom stereocenters. The van der Waals surface area contributed by atoms with Gasteiger partial charge in [0.25, 0.3) is 0 Å². The standard InChI is InChI=1S/C13H21NO4/c1-6-13(4,5)18-10(15)7-14-11(16)8(2)9(3)12(14)17/h8-9H,6-7H2,1-5H3. The molecule has 0 saturated carbocycles. The van der Waals surface area contributed by atoms with Gasteiger partial charge in [-0.3, -0.25) is 19.3 Å². The summed E-state index contributed by atoms with van der Waals surface area (Å²) in [7, 11) is 0. The number of carbonyl (C=O) groups excluding carboxylic acids is 3. The van der Waals surface area contributed by atoms with Crippen LogP contribution in [0.4, 0.5) is 0 Å². The second-order valence-corrected chi connectivity index (χ2v) is 5.43. The van der Waals surface area contributed by atoms with Crippen LogP contribution in [0.25, 0.3) is 0 Å². The third-order valence-electron chi connectivity index (χ3n) is 3.59. The number of amides is 2. The van der Waals surface area contributed by atoms with Gasteiger partial charge in [0.05, 0.1) is 0 Å². The SMILES string of the molecule is CCC(C)(C)OC(=O)CN1C(=O)C(C)C(C)C1=O. The predicted molar refractivity (Wildman–Crippen MR) is 65.5 cm³/mol. The quantitative estimate of drug-likeness (QED) is 0.562. The van der Waals surface area contributed by atoms with Gasteiger partial charge in [0, 0.05) is 11.8 Å². The van der Waals surface area contributed by atoms with Crippen molar-refractivity contribution >= 4 is 17.8 Å². The van der Waals surface area contributed by atoms with Gasteiger partial charge in [-0.05, 0) is 20.3 Å². The van der Waals surface area contributed by atoms with Gasteiger partial charge in [0.2, 0.25) is 11.8 Å². The monoisotopic (exact) mass is 255 g/mol. The lowest BCUT2D eigenvalue weighted by Crippen LogP contribution is -2.39. The average molecular weight is 255 g/mol. The Morgan fingerprint density at radius 3 is 2.06 bits per heavy atom. The Kier molecular flexibility index (Phi) is 4.14. The number of ether oxygens (including phenoxy) is 1. The van der Waals surface area contributed by atoms with Crippen LogP contribution in [0.2, 0.25) is 0 Å². The summed E-state index contributed by atoms with van der Waals surface area (Å²) >= 11 is 0. The van der Waals surface area contributed by atoms with Crippen LogP contribution >= 0.6 is 0 Å². The van der Waals surface area contributed by atoms with Crippen LogP contribution < -0.4 is 0 Å². The molecular weight excluding hydrogens is 234 g/mol. The van der Waals surface area contributed by atoms with E-state index in [9.17, 15) is 14.4 Å². The minimum atomic E-state index is -0.569. The van der Waals surface area contributed by atoms with Crippen molar-refractivity contribution < 1.29 is 19.1 Å². The number of hydrogen-bond acceptors (Lipinski definition) is 4. The van der Waals surface area contributed by atoms with Crippen molar-refractivity contribution in [3.63, 3.8) is 0 Å². The molecule has 102 valence electrons. The number of carbonyl (C=O) groups is 3. The van der Waals surface area contributed by atoms with Gasteiger partial charge in [0.1, 0.15) is 12.1 Å². The van der Waals surface area contributed by atoms with Crippen LogP contribution in [0.5, 0.6) is 0 Å². The molecule has 5 heteroatoms. The molecule has 5 nitrogen and oxygen atoms in total. The van der Waals surface area contributed by atoms with E-state index in [1.165, 1.54) is 0 Å². The molecule has 0 aliphatic carbocycles. The fraction of sp³-hybridized carbons (Fsp3) is 0.769. The van der Waals surface area contributed by atoms with E-state index in [0.29, 0.717) is 6.42 Å². The Labute approximate surface area is 107 Å². The van der Waals surface area contributed by atoms with E-state index in [2.05, 4.69) is 0 Å². The molecule has 0 aromatic carbocycles. The highest BCUT2D eigenvalue weighted by Crippen LogP contribution is 2.25. The Hall–Kier alpha value is -1.39. The first-order chi connectivity index (χ1) is 8.19. The largest absolute Gasteiger partial charge is 0.458 e. The molecule has 2 unspecified atom stereocenters. The molecule has 18 heavy (non-hydrogen) atoms. The maximum atomic E-state index is 11.8. The van der Waals surface area contributed by atoms with Crippen molar-refractivity contribution in [1.82, 2.24) is 4.90 Å². The van der Waals surface area contributed by atoms with Crippen molar-refractivity contribution in [3.05, 3.63) is 0 Å². The Bertz CT molecular complexity index is 355. The zero-order valence-electron chi connectivity index (χ0n) is 11.6. The molecule has 1 saturated heterocycles. The molecule has 1 aliphatic heterocycles. The second kappa shape index (κ2) is 5.08. The van der Waals surface area contributed by atoms with Gasteiger partial charge >= 0.3 is 5.97 Å². The minimum Gasteiger partial charge on any atom is -0.458 e. The molecule has 0 radical (unpaired) electrons. The fourth-order valence-corrected chi connectivity index (χ4v) is 1.73. The number of imide groups is 1. The van der Waals surface area contributed by atoms with Crippen LogP contribution in [0.15, 0.2) is 0 Å². The third-order valence-corrected chi connectivity index (χ3v) is 3.59. The first-order valence-corrected chi connectivity index (χ1v) is 6.26. The number of likely N-dealkylation sites (tertiary alicyclic amines) is 1. The Balaban J connectivity index is 2.66. The van der Waals surface area contributed by atoms with Crippen molar-refractivity contribution in [2.45, 2.75) is 46.6 Å². The zero-order chi connectivity index (χ0) is 14.1. The van der Waals surface area contributed by atoms with Gasteiger partial charge < -0.3 is 4.74 Å². The smallest absolute Gasteiger partial charge is 0.326 e. The first kappa shape index (κ1) is 14.7. The summed E-state index contributed by atoms with van der Waals surface area (Å²) in [5.41, 5.74) is -0.569. The minimum absolute atomic E-state index is 0.282. The van der Waals surface area contributed by atoms with Gasteiger partial charge in [-0.25, -0.2) is 0 Å². The van der Waals surface area contributed by atoms with Crippen LogP contribution in [0, 0.1) is 11.8 Å². The van der Waals surface area contributed by atoms with Crippen molar-refractivity contribution in [3.8, 4) is 0 Å². The predicted octanol–water partition coefficient (Wildman–Crippen LogP) is 1.36. The molecule has 1 fully saturated rings. The highest BCUT2D eigenvalue weighted by molar-refractivity contribution is 6.06. The van der Waals surface area contributed by atoms with Crippen molar-refractivity contribution in [1.29, 1.82) is 0 Å². The van der Waals surface area contributed by atoms with E-state index in [0.717, 1.165) is 4.90 Å². The highest BCUT2D eigenvalue weighted by Gasteiger charge is 2.43. The summed E-state index contributed by atoms with van der Waals surface area (Å²) in [5, 5.41) is 0. The molecule has 1 heterocycles. The number of rotatable bonds is 4. The van der Waals surface area contributed by atoms with Crippen molar-refractivity contribution in [2.75, 3.05) is 6.54 Å². The Morgan fingerprint density at radius 1 is 1.22 bits per heavy atom. The van der Waals surface area contributed by atoms with Crippen LogP contribution in [0.3, 0.4) is 0 Å². The molecule has 1 aliphatic rings. The van der Waals surface area contributed by atoms with E-state index in [1.54, 1.807) is 27.7 Å². The lowest BCUT2D eigenvalue weighted by atomic mass is 10.00. The summed E-state index contributed by atoms with van der Waals surface area (Å²) in [6.45, 7) is 8.62. The molecule has 0 aromatic heterocycles. The molecule has 1 rings (SSSR count). The molecule has 0 N–H and O–H groups in total. The fourth-order valence-electron chi connectivity index (χ4n) is 1.73. The summed E-state index contributed by atoms with van der Waals surface area (Å²) in [6.07, 6.45) is 0.674. The lowest BCUT2D eigenvalue weighted by molar-refractivity contribution is -0.162. The Morgan fingerprint density at radius 2 is 1.67 bits per heavy atom. The molecular formula is C13H21NO4. The average Bonchev–Trinajstić information content (AvgIpc) is 2.46. The molecule has 0 bridgehead atoms. The maximum absolute atomic E-state index is 11.8. The van der Waals surface area contributed by atoms with Gasteiger partial charge in [-0.15, -0.1) is 0 Å². The van der Waals surface area contributed by atoms with Crippen LogP contribution in [-0.2, 0) is 19.1 Å². The van der Waals surface area contributed by atoms with E-state index in [-0.39, 0.29) is 30.2 Å². The molecule has 0 aromatic rings. The van der Waals surface area contributed by atoms with E-state index >= 15 is 0 Å². The summed E-state index contributed by atoms with van der Waals surface area (Å²) in [5.74, 6) is -1.84. The first-order valence-electron chi connectivity index (χ1n) is 6.26. The van der Waals surface area contributed by atoms with E-state index in [1.807, 2.05) is 6.92 Å².